The zero-order chi connectivity index (χ0) is 13.3. The van der Waals surface area contributed by atoms with E-state index in [0.717, 1.165) is 22.5 Å². The SMILES string of the molecule is Cc1cc(=O)n(Cc2ncc(C)c(N)c2C)cn1. The van der Waals surface area contributed by atoms with Gasteiger partial charge in [0.05, 0.1) is 18.6 Å². The van der Waals surface area contributed by atoms with Crippen LogP contribution in [0.3, 0.4) is 0 Å². The molecule has 5 nitrogen and oxygen atoms in total. The Bertz CT molecular complexity index is 646. The fraction of sp³-hybridized carbons (Fsp3) is 0.308. The number of hydrogen-bond donors (Lipinski definition) is 1. The van der Waals surface area contributed by atoms with Gasteiger partial charge in [0.25, 0.3) is 5.56 Å². The summed E-state index contributed by atoms with van der Waals surface area (Å²) in [6.07, 6.45) is 3.26. The number of pyridine rings is 1. The number of nitrogens with two attached hydrogens (primary N) is 1. The quantitative estimate of drug-likeness (QED) is 0.861. The first-order valence-electron chi connectivity index (χ1n) is 5.72. The number of hydrogen-bond acceptors (Lipinski definition) is 4. The van der Waals surface area contributed by atoms with Crippen molar-refractivity contribution in [2.24, 2.45) is 0 Å². The van der Waals surface area contributed by atoms with Crippen LogP contribution in [0.25, 0.3) is 0 Å². The third kappa shape index (κ3) is 2.25. The highest BCUT2D eigenvalue weighted by Gasteiger charge is 2.07. The minimum absolute atomic E-state index is 0.0807. The molecule has 2 aromatic rings. The molecular weight excluding hydrogens is 228 g/mol. The van der Waals surface area contributed by atoms with Gasteiger partial charge in [0.2, 0.25) is 0 Å². The van der Waals surface area contributed by atoms with Gasteiger partial charge in [-0.2, -0.15) is 0 Å². The van der Waals surface area contributed by atoms with Crippen LogP contribution in [0, 0.1) is 20.8 Å². The number of anilines is 1. The highest BCUT2D eigenvalue weighted by atomic mass is 16.1. The molecule has 0 aliphatic rings. The molecule has 2 N–H and O–H groups in total. The molecule has 0 aliphatic heterocycles. The number of aryl methyl sites for hydroxylation is 2. The average Bonchev–Trinajstić information content (AvgIpc) is 2.33. The van der Waals surface area contributed by atoms with E-state index in [4.69, 9.17) is 5.73 Å². The Morgan fingerprint density at radius 1 is 1.28 bits per heavy atom. The van der Waals surface area contributed by atoms with E-state index in [1.165, 1.54) is 17.0 Å². The molecule has 18 heavy (non-hydrogen) atoms. The lowest BCUT2D eigenvalue weighted by molar-refractivity contribution is 0.709. The maximum atomic E-state index is 11.8. The normalized spacial score (nSPS) is 10.6. The summed E-state index contributed by atoms with van der Waals surface area (Å²) in [6, 6.07) is 1.51. The number of nitrogens with zero attached hydrogens (tertiary/aromatic N) is 3. The largest absolute Gasteiger partial charge is 0.398 e. The first-order valence-corrected chi connectivity index (χ1v) is 5.72. The Hall–Kier alpha value is -2.17. The maximum absolute atomic E-state index is 11.8. The van der Waals surface area contributed by atoms with E-state index in [0.29, 0.717) is 12.2 Å². The highest BCUT2D eigenvalue weighted by molar-refractivity contribution is 5.53. The lowest BCUT2D eigenvalue weighted by Gasteiger charge is -2.11. The predicted molar refractivity (Wildman–Crippen MR) is 70.5 cm³/mol. The lowest BCUT2D eigenvalue weighted by atomic mass is 10.1. The van der Waals surface area contributed by atoms with Gasteiger partial charge in [-0.15, -0.1) is 0 Å². The van der Waals surface area contributed by atoms with Crippen LogP contribution in [0.5, 0.6) is 0 Å². The van der Waals surface area contributed by atoms with Crippen LogP contribution in [-0.4, -0.2) is 14.5 Å². The van der Waals surface area contributed by atoms with Crippen molar-refractivity contribution in [2.75, 3.05) is 5.73 Å². The third-order valence-corrected chi connectivity index (χ3v) is 3.01. The van der Waals surface area contributed by atoms with Crippen molar-refractivity contribution in [1.29, 1.82) is 0 Å². The van der Waals surface area contributed by atoms with E-state index < -0.39 is 0 Å². The minimum atomic E-state index is -0.0807. The van der Waals surface area contributed by atoms with Gasteiger partial charge in [0.1, 0.15) is 0 Å². The molecule has 2 heterocycles. The second kappa shape index (κ2) is 4.60. The molecule has 0 bridgehead atoms. The summed E-state index contributed by atoms with van der Waals surface area (Å²) < 4.78 is 1.52. The Morgan fingerprint density at radius 3 is 2.67 bits per heavy atom. The van der Waals surface area contributed by atoms with Gasteiger partial charge in [-0.3, -0.25) is 14.3 Å². The summed E-state index contributed by atoms with van der Waals surface area (Å²) in [4.78, 5) is 20.2. The standard InChI is InChI=1S/C13H16N4O/c1-8-5-15-11(10(3)13(8)14)6-17-7-16-9(2)4-12(17)18/h4-5,7H,6H2,1-3H3,(H2,14,15). The second-order valence-corrected chi connectivity index (χ2v) is 4.42. The fourth-order valence-electron chi connectivity index (χ4n) is 1.75. The molecule has 0 fully saturated rings. The molecule has 0 radical (unpaired) electrons. The van der Waals surface area contributed by atoms with Crippen LogP contribution in [0.2, 0.25) is 0 Å². The summed E-state index contributed by atoms with van der Waals surface area (Å²) in [7, 11) is 0. The van der Waals surface area contributed by atoms with Gasteiger partial charge in [-0.1, -0.05) is 0 Å². The Kier molecular flexibility index (Phi) is 3.14. The topological polar surface area (TPSA) is 73.8 Å². The zero-order valence-corrected chi connectivity index (χ0v) is 10.8. The molecule has 0 saturated heterocycles. The van der Waals surface area contributed by atoms with Crippen LogP contribution in [0.15, 0.2) is 23.4 Å². The van der Waals surface area contributed by atoms with E-state index in [1.54, 1.807) is 13.1 Å². The molecule has 2 aromatic heterocycles. The van der Waals surface area contributed by atoms with Gasteiger partial charge in [-0.25, -0.2) is 4.98 Å². The van der Waals surface area contributed by atoms with Crippen molar-refractivity contribution in [3.05, 3.63) is 51.5 Å². The molecule has 2 rings (SSSR count). The summed E-state index contributed by atoms with van der Waals surface area (Å²) in [5.74, 6) is 0. The molecule has 0 aliphatic carbocycles. The zero-order valence-electron chi connectivity index (χ0n) is 10.8. The molecule has 0 atom stereocenters. The van der Waals surface area contributed by atoms with E-state index in [-0.39, 0.29) is 5.56 Å². The van der Waals surface area contributed by atoms with E-state index in [2.05, 4.69) is 9.97 Å². The molecule has 94 valence electrons. The van der Waals surface area contributed by atoms with Crippen molar-refractivity contribution in [3.63, 3.8) is 0 Å². The van der Waals surface area contributed by atoms with Crippen molar-refractivity contribution in [1.82, 2.24) is 14.5 Å². The third-order valence-electron chi connectivity index (χ3n) is 3.01. The molecule has 0 amide bonds. The van der Waals surface area contributed by atoms with Crippen molar-refractivity contribution < 1.29 is 0 Å². The first kappa shape index (κ1) is 12.3. The summed E-state index contributed by atoms with van der Waals surface area (Å²) in [5.41, 5.74) is 9.98. The van der Waals surface area contributed by atoms with Gasteiger partial charge in [0, 0.05) is 23.6 Å². The summed E-state index contributed by atoms with van der Waals surface area (Å²) >= 11 is 0. The van der Waals surface area contributed by atoms with E-state index in [1.807, 2.05) is 13.8 Å². The maximum Gasteiger partial charge on any atom is 0.253 e. The smallest absolute Gasteiger partial charge is 0.253 e. The Labute approximate surface area is 105 Å². The Morgan fingerprint density at radius 2 is 2.00 bits per heavy atom. The van der Waals surface area contributed by atoms with E-state index >= 15 is 0 Å². The van der Waals surface area contributed by atoms with Crippen molar-refractivity contribution in [3.8, 4) is 0 Å². The summed E-state index contributed by atoms with van der Waals surface area (Å²) in [5, 5.41) is 0. The molecule has 0 unspecified atom stereocenters. The second-order valence-electron chi connectivity index (χ2n) is 4.42. The van der Waals surface area contributed by atoms with Crippen LogP contribution in [-0.2, 0) is 6.54 Å². The predicted octanol–water partition coefficient (Wildman–Crippen LogP) is 1.19. The molecule has 0 spiro atoms. The van der Waals surface area contributed by atoms with Gasteiger partial charge >= 0.3 is 0 Å². The molecule has 0 aromatic carbocycles. The number of rotatable bonds is 2. The number of aromatic nitrogens is 3. The fourth-order valence-corrected chi connectivity index (χ4v) is 1.75. The molecular formula is C13H16N4O. The number of nitrogen functional groups attached to an aromatic ring is 1. The van der Waals surface area contributed by atoms with Crippen molar-refractivity contribution >= 4 is 5.69 Å². The minimum Gasteiger partial charge on any atom is -0.398 e. The summed E-state index contributed by atoms with van der Waals surface area (Å²) in [6.45, 7) is 6.01. The monoisotopic (exact) mass is 244 g/mol. The molecule has 5 heteroatoms. The average molecular weight is 244 g/mol. The van der Waals surface area contributed by atoms with Gasteiger partial charge in [0.15, 0.2) is 0 Å². The van der Waals surface area contributed by atoms with Crippen LogP contribution in [0.4, 0.5) is 5.69 Å². The van der Waals surface area contributed by atoms with Crippen LogP contribution in [0.1, 0.15) is 22.5 Å². The lowest BCUT2D eigenvalue weighted by Crippen LogP contribution is -2.21. The molecule has 0 saturated carbocycles. The van der Waals surface area contributed by atoms with Gasteiger partial charge < -0.3 is 5.73 Å². The van der Waals surface area contributed by atoms with Crippen molar-refractivity contribution in [2.45, 2.75) is 27.3 Å². The highest BCUT2D eigenvalue weighted by Crippen LogP contribution is 2.18. The van der Waals surface area contributed by atoms with Crippen LogP contribution >= 0.6 is 0 Å². The van der Waals surface area contributed by atoms with Crippen LogP contribution < -0.4 is 11.3 Å². The van der Waals surface area contributed by atoms with Gasteiger partial charge in [-0.05, 0) is 31.9 Å². The first-order chi connectivity index (χ1) is 8.49. The Balaban J connectivity index is 2.41. The van der Waals surface area contributed by atoms with E-state index in [9.17, 15) is 4.79 Å².